The summed E-state index contributed by atoms with van der Waals surface area (Å²) in [5.41, 5.74) is 1.69. The summed E-state index contributed by atoms with van der Waals surface area (Å²) in [4.78, 5) is 14.2. The van der Waals surface area contributed by atoms with Crippen molar-refractivity contribution in [3.8, 4) is 0 Å². The Kier molecular flexibility index (Phi) is 5.57. The Balaban J connectivity index is 1.46. The molecule has 1 amide bonds. The zero-order valence-corrected chi connectivity index (χ0v) is 13.4. The van der Waals surface area contributed by atoms with Gasteiger partial charge in [-0.15, -0.1) is 5.10 Å². The van der Waals surface area contributed by atoms with Crippen LogP contribution in [0, 0.1) is 0 Å². The summed E-state index contributed by atoms with van der Waals surface area (Å²) in [5, 5.41) is 14.2. The van der Waals surface area contributed by atoms with Gasteiger partial charge in [-0.2, -0.15) is 5.10 Å². The van der Waals surface area contributed by atoms with Gasteiger partial charge in [-0.1, -0.05) is 18.2 Å². The number of carbonyl (C=O) groups excluding carboxylic acids is 1. The number of morpholine rings is 1. The Hall–Kier alpha value is -2.67. The molecule has 1 aromatic carbocycles. The Morgan fingerprint density at radius 3 is 2.75 bits per heavy atom. The molecule has 1 saturated heterocycles. The summed E-state index contributed by atoms with van der Waals surface area (Å²) >= 11 is 0. The van der Waals surface area contributed by atoms with Crippen LogP contribution in [-0.2, 0) is 4.74 Å². The molecule has 0 saturated carbocycles. The Morgan fingerprint density at radius 2 is 1.96 bits per heavy atom. The van der Waals surface area contributed by atoms with E-state index >= 15 is 0 Å². The van der Waals surface area contributed by atoms with Crippen LogP contribution in [0.25, 0.3) is 0 Å². The molecule has 0 spiro atoms. The van der Waals surface area contributed by atoms with E-state index < -0.39 is 0 Å². The zero-order chi connectivity index (χ0) is 16.6. The maximum Gasteiger partial charge on any atom is 0.251 e. The van der Waals surface area contributed by atoms with Gasteiger partial charge in [0.1, 0.15) is 0 Å². The second-order valence-corrected chi connectivity index (χ2v) is 5.45. The largest absolute Gasteiger partial charge is 0.378 e. The second kappa shape index (κ2) is 8.26. The summed E-state index contributed by atoms with van der Waals surface area (Å²) < 4.78 is 5.36. The van der Waals surface area contributed by atoms with E-state index in [0.717, 1.165) is 32.0 Å². The van der Waals surface area contributed by atoms with Crippen molar-refractivity contribution in [1.29, 1.82) is 0 Å². The van der Waals surface area contributed by atoms with Crippen molar-refractivity contribution in [2.45, 2.75) is 0 Å². The van der Waals surface area contributed by atoms with Gasteiger partial charge in [0.2, 0.25) is 0 Å². The molecule has 1 fully saturated rings. The van der Waals surface area contributed by atoms with Gasteiger partial charge in [0.15, 0.2) is 5.82 Å². The van der Waals surface area contributed by atoms with Crippen molar-refractivity contribution in [3.63, 3.8) is 0 Å². The molecule has 7 nitrogen and oxygen atoms in total. The minimum Gasteiger partial charge on any atom is -0.378 e. The highest BCUT2D eigenvalue weighted by Crippen LogP contribution is 2.16. The molecule has 1 aromatic heterocycles. The number of benzene rings is 1. The summed E-state index contributed by atoms with van der Waals surface area (Å²) in [6.07, 6.45) is 1.76. The Morgan fingerprint density at radius 1 is 1.17 bits per heavy atom. The van der Waals surface area contributed by atoms with E-state index in [4.69, 9.17) is 4.74 Å². The predicted molar refractivity (Wildman–Crippen MR) is 92.3 cm³/mol. The van der Waals surface area contributed by atoms with Crippen LogP contribution in [0.15, 0.2) is 42.6 Å². The van der Waals surface area contributed by atoms with E-state index in [1.807, 2.05) is 24.3 Å². The molecule has 1 aliphatic heterocycles. The minimum atomic E-state index is -0.0782. The van der Waals surface area contributed by atoms with E-state index in [1.54, 1.807) is 18.3 Å². The number of ether oxygens (including phenoxy) is 1. The van der Waals surface area contributed by atoms with Crippen LogP contribution in [0.3, 0.4) is 0 Å². The van der Waals surface area contributed by atoms with E-state index in [0.29, 0.717) is 24.5 Å². The van der Waals surface area contributed by atoms with Crippen LogP contribution >= 0.6 is 0 Å². The van der Waals surface area contributed by atoms with E-state index in [9.17, 15) is 4.79 Å². The zero-order valence-electron chi connectivity index (χ0n) is 13.4. The van der Waals surface area contributed by atoms with Gasteiger partial charge in [-0.3, -0.25) is 4.79 Å². The van der Waals surface area contributed by atoms with E-state index in [2.05, 4.69) is 25.7 Å². The highest BCUT2D eigenvalue weighted by atomic mass is 16.5. The first-order valence-corrected chi connectivity index (χ1v) is 8.05. The Bertz CT molecular complexity index is 659. The number of anilines is 2. The summed E-state index contributed by atoms with van der Waals surface area (Å²) in [7, 11) is 0. The molecular formula is C17H21N5O2. The highest BCUT2D eigenvalue weighted by Gasteiger charge is 2.12. The predicted octanol–water partition coefficient (Wildman–Crippen LogP) is 1.16. The quantitative estimate of drug-likeness (QED) is 0.775. The molecule has 3 rings (SSSR count). The molecule has 1 aliphatic rings. The van der Waals surface area contributed by atoms with Gasteiger partial charge >= 0.3 is 0 Å². The van der Waals surface area contributed by atoms with Crippen molar-refractivity contribution in [2.24, 2.45) is 0 Å². The van der Waals surface area contributed by atoms with Crippen LogP contribution in [-0.4, -0.2) is 55.5 Å². The van der Waals surface area contributed by atoms with Gasteiger partial charge in [0.05, 0.1) is 25.1 Å². The molecule has 2 aromatic rings. The number of aromatic nitrogens is 2. The average molecular weight is 327 g/mol. The fraction of sp³-hybridized carbons (Fsp3) is 0.353. The number of hydrogen-bond acceptors (Lipinski definition) is 6. The average Bonchev–Trinajstić information content (AvgIpc) is 2.67. The third kappa shape index (κ3) is 4.42. The number of amides is 1. The molecular weight excluding hydrogens is 306 g/mol. The summed E-state index contributed by atoms with van der Waals surface area (Å²) in [6, 6.07) is 11.1. The Labute approximate surface area is 141 Å². The molecule has 0 aliphatic carbocycles. The first-order chi connectivity index (χ1) is 11.8. The van der Waals surface area contributed by atoms with Crippen LogP contribution in [0.2, 0.25) is 0 Å². The molecule has 0 atom stereocenters. The van der Waals surface area contributed by atoms with E-state index in [1.165, 1.54) is 0 Å². The minimum absolute atomic E-state index is 0.0782. The highest BCUT2D eigenvalue weighted by molar-refractivity contribution is 5.94. The van der Waals surface area contributed by atoms with Crippen molar-refractivity contribution in [3.05, 3.63) is 48.2 Å². The molecule has 7 heteroatoms. The molecule has 0 radical (unpaired) electrons. The van der Waals surface area contributed by atoms with Gasteiger partial charge in [-0.05, 0) is 12.1 Å². The monoisotopic (exact) mass is 327 g/mol. The second-order valence-electron chi connectivity index (χ2n) is 5.45. The maximum absolute atomic E-state index is 11.9. The van der Waals surface area contributed by atoms with Crippen molar-refractivity contribution >= 4 is 17.4 Å². The van der Waals surface area contributed by atoms with Gasteiger partial charge in [-0.25, -0.2) is 0 Å². The van der Waals surface area contributed by atoms with E-state index in [-0.39, 0.29) is 5.91 Å². The standard InChI is InChI=1S/C17H21N5O2/c23-17(14-4-2-1-3-5-14)19-7-6-18-16-12-15(13-20-21-16)22-8-10-24-11-9-22/h1-5,12-13H,6-11H2,(H,18,21)(H,19,23). The maximum atomic E-state index is 11.9. The normalized spacial score (nSPS) is 14.2. The van der Waals surface area contributed by atoms with Crippen molar-refractivity contribution in [2.75, 3.05) is 49.6 Å². The number of carbonyl (C=O) groups is 1. The van der Waals surface area contributed by atoms with Crippen LogP contribution < -0.4 is 15.5 Å². The lowest BCUT2D eigenvalue weighted by molar-refractivity contribution is 0.0955. The lowest BCUT2D eigenvalue weighted by Crippen LogP contribution is -2.36. The molecule has 126 valence electrons. The van der Waals surface area contributed by atoms with Crippen LogP contribution in [0.4, 0.5) is 11.5 Å². The van der Waals surface area contributed by atoms with Crippen LogP contribution in [0.1, 0.15) is 10.4 Å². The van der Waals surface area contributed by atoms with Crippen LogP contribution in [0.5, 0.6) is 0 Å². The molecule has 2 N–H and O–H groups in total. The molecule has 0 unspecified atom stereocenters. The van der Waals surface area contributed by atoms with Gasteiger partial charge in [0, 0.05) is 37.8 Å². The summed E-state index contributed by atoms with van der Waals surface area (Å²) in [5.74, 6) is 0.624. The lowest BCUT2D eigenvalue weighted by atomic mass is 10.2. The smallest absolute Gasteiger partial charge is 0.251 e. The number of rotatable bonds is 6. The SMILES string of the molecule is O=C(NCCNc1cc(N2CCOCC2)cnn1)c1ccccc1. The fourth-order valence-corrected chi connectivity index (χ4v) is 2.50. The van der Waals surface area contributed by atoms with Crippen molar-refractivity contribution < 1.29 is 9.53 Å². The molecule has 0 bridgehead atoms. The molecule has 24 heavy (non-hydrogen) atoms. The number of nitrogens with one attached hydrogen (secondary N) is 2. The first kappa shape index (κ1) is 16.2. The number of hydrogen-bond donors (Lipinski definition) is 2. The molecule has 2 heterocycles. The lowest BCUT2D eigenvalue weighted by Gasteiger charge is -2.28. The third-order valence-corrected chi connectivity index (χ3v) is 3.77. The topological polar surface area (TPSA) is 79.4 Å². The van der Waals surface area contributed by atoms with Gasteiger partial charge in [0.25, 0.3) is 5.91 Å². The third-order valence-electron chi connectivity index (χ3n) is 3.77. The fourth-order valence-electron chi connectivity index (χ4n) is 2.50. The van der Waals surface area contributed by atoms with Crippen molar-refractivity contribution in [1.82, 2.24) is 15.5 Å². The summed E-state index contributed by atoms with van der Waals surface area (Å²) in [6.45, 7) is 4.28. The first-order valence-electron chi connectivity index (χ1n) is 8.05. The van der Waals surface area contributed by atoms with Gasteiger partial charge < -0.3 is 20.3 Å². The number of nitrogens with zero attached hydrogens (tertiary/aromatic N) is 3.